The van der Waals surface area contributed by atoms with Crippen LogP contribution in [0.5, 0.6) is 0 Å². The molecule has 1 atom stereocenters. The normalized spacial score (nSPS) is 19.1. The number of amides is 1. The van der Waals surface area contributed by atoms with Crippen molar-refractivity contribution in [3.05, 3.63) is 39.4 Å². The fourth-order valence-corrected chi connectivity index (χ4v) is 4.98. The van der Waals surface area contributed by atoms with Crippen molar-refractivity contribution in [1.29, 1.82) is 0 Å². The molecule has 3 heterocycles. The Labute approximate surface area is 131 Å². The highest BCUT2D eigenvalue weighted by molar-refractivity contribution is 7.91. The number of rotatable bonds is 3. The maximum Gasteiger partial charge on any atom is 0.255 e. The molecule has 2 aromatic rings. The van der Waals surface area contributed by atoms with Gasteiger partial charge in [0.05, 0.1) is 11.6 Å². The van der Waals surface area contributed by atoms with Crippen molar-refractivity contribution in [2.45, 2.75) is 23.1 Å². The number of thiophene rings is 2. The van der Waals surface area contributed by atoms with Crippen LogP contribution in [0.1, 0.15) is 34.1 Å². The van der Waals surface area contributed by atoms with Crippen molar-refractivity contribution in [1.82, 2.24) is 4.90 Å². The van der Waals surface area contributed by atoms with Crippen LogP contribution in [-0.2, 0) is 10.0 Å². The van der Waals surface area contributed by atoms with E-state index in [1.165, 1.54) is 10.9 Å². The molecular weight excluding hydrogens is 328 g/mol. The largest absolute Gasteiger partial charge is 0.331 e. The summed E-state index contributed by atoms with van der Waals surface area (Å²) in [7, 11) is -3.75. The van der Waals surface area contributed by atoms with Crippen molar-refractivity contribution in [3.8, 4) is 0 Å². The number of carbonyl (C=O) groups is 1. The average Bonchev–Trinajstić information content (AvgIpc) is 3.16. The van der Waals surface area contributed by atoms with Gasteiger partial charge in [-0.3, -0.25) is 4.79 Å². The Kier molecular flexibility index (Phi) is 3.87. The molecule has 0 bridgehead atoms. The Bertz CT molecular complexity index is 749. The van der Waals surface area contributed by atoms with Crippen LogP contribution >= 0.6 is 22.7 Å². The summed E-state index contributed by atoms with van der Waals surface area (Å²) in [4.78, 5) is 15.6. The third-order valence-electron chi connectivity index (χ3n) is 3.49. The lowest BCUT2D eigenvalue weighted by molar-refractivity contribution is 0.0738. The molecule has 2 aromatic heterocycles. The molecule has 0 aliphatic carbocycles. The van der Waals surface area contributed by atoms with E-state index in [2.05, 4.69) is 0 Å². The smallest absolute Gasteiger partial charge is 0.255 e. The van der Waals surface area contributed by atoms with Gasteiger partial charge in [0.25, 0.3) is 5.91 Å². The first kappa shape index (κ1) is 14.7. The van der Waals surface area contributed by atoms with E-state index in [0.717, 1.165) is 24.2 Å². The molecule has 1 amide bonds. The predicted octanol–water partition coefficient (Wildman–Crippen LogP) is 2.43. The maximum absolute atomic E-state index is 12.6. The van der Waals surface area contributed by atoms with Crippen molar-refractivity contribution in [3.63, 3.8) is 0 Å². The Balaban J connectivity index is 1.86. The minimum Gasteiger partial charge on any atom is -0.331 e. The molecule has 1 fully saturated rings. The van der Waals surface area contributed by atoms with Gasteiger partial charge in [-0.2, -0.15) is 0 Å². The fourth-order valence-electron chi connectivity index (χ4n) is 2.53. The summed E-state index contributed by atoms with van der Waals surface area (Å²) in [5.41, 5.74) is 0.396. The van der Waals surface area contributed by atoms with E-state index in [0.29, 0.717) is 12.1 Å². The second-order valence-electron chi connectivity index (χ2n) is 4.87. The molecule has 0 radical (unpaired) electrons. The average molecular weight is 342 g/mol. The van der Waals surface area contributed by atoms with Gasteiger partial charge in [-0.05, 0) is 30.4 Å². The summed E-state index contributed by atoms with van der Waals surface area (Å²) in [6.07, 6.45) is 1.90. The standard InChI is InChI=1S/C13H14N2O3S3/c14-21(17,18)12-7-9(8-20-12)13(16)15-5-1-3-10(15)11-4-2-6-19-11/h2,4,6-8,10H,1,3,5H2,(H2,14,17,18)/t10-/m0/s1. The topological polar surface area (TPSA) is 80.5 Å². The van der Waals surface area contributed by atoms with Crippen molar-refractivity contribution in [2.24, 2.45) is 5.14 Å². The number of sulfonamides is 1. The van der Waals surface area contributed by atoms with Crippen LogP contribution in [0.25, 0.3) is 0 Å². The van der Waals surface area contributed by atoms with Crippen molar-refractivity contribution < 1.29 is 13.2 Å². The van der Waals surface area contributed by atoms with Crippen LogP contribution in [0.3, 0.4) is 0 Å². The first-order valence-corrected chi connectivity index (χ1v) is 9.73. The van der Waals surface area contributed by atoms with Gasteiger partial charge in [-0.1, -0.05) is 6.07 Å². The third kappa shape index (κ3) is 2.89. The summed E-state index contributed by atoms with van der Waals surface area (Å²) in [6, 6.07) is 5.47. The molecule has 112 valence electrons. The number of primary sulfonamides is 1. The Morgan fingerprint density at radius 1 is 1.38 bits per heavy atom. The van der Waals surface area contributed by atoms with Crippen LogP contribution in [0.4, 0.5) is 0 Å². The van der Waals surface area contributed by atoms with Gasteiger partial charge >= 0.3 is 0 Å². The minimum absolute atomic E-state index is 0.0257. The van der Waals surface area contributed by atoms with Gasteiger partial charge in [0, 0.05) is 16.8 Å². The summed E-state index contributed by atoms with van der Waals surface area (Å²) < 4.78 is 22.6. The zero-order chi connectivity index (χ0) is 15.0. The number of likely N-dealkylation sites (tertiary alicyclic amines) is 1. The highest BCUT2D eigenvalue weighted by atomic mass is 32.2. The van der Waals surface area contributed by atoms with Gasteiger partial charge in [0.1, 0.15) is 4.21 Å². The maximum atomic E-state index is 12.6. The summed E-state index contributed by atoms with van der Waals surface area (Å²) in [6.45, 7) is 0.696. The monoisotopic (exact) mass is 342 g/mol. The number of nitrogens with zero attached hydrogens (tertiary/aromatic N) is 1. The zero-order valence-electron chi connectivity index (χ0n) is 11.1. The molecule has 1 aliphatic rings. The van der Waals surface area contributed by atoms with Crippen LogP contribution in [-0.4, -0.2) is 25.8 Å². The number of nitrogens with two attached hydrogens (primary N) is 1. The highest BCUT2D eigenvalue weighted by Gasteiger charge is 2.32. The first-order chi connectivity index (χ1) is 9.97. The van der Waals surface area contributed by atoms with E-state index >= 15 is 0 Å². The van der Waals surface area contributed by atoms with Crippen LogP contribution < -0.4 is 5.14 Å². The molecule has 0 unspecified atom stereocenters. The zero-order valence-corrected chi connectivity index (χ0v) is 13.5. The Morgan fingerprint density at radius 2 is 2.19 bits per heavy atom. The highest BCUT2D eigenvalue weighted by Crippen LogP contribution is 2.36. The van der Waals surface area contributed by atoms with E-state index in [1.54, 1.807) is 16.7 Å². The summed E-state index contributed by atoms with van der Waals surface area (Å²) in [5, 5.41) is 8.65. The molecule has 2 N–H and O–H groups in total. The number of hydrogen-bond donors (Lipinski definition) is 1. The van der Waals surface area contributed by atoms with Crippen molar-refractivity contribution in [2.75, 3.05) is 6.54 Å². The van der Waals surface area contributed by atoms with Crippen LogP contribution in [0.2, 0.25) is 0 Å². The predicted molar refractivity (Wildman–Crippen MR) is 83.0 cm³/mol. The summed E-state index contributed by atoms with van der Waals surface area (Å²) in [5.74, 6) is -0.128. The molecule has 0 aromatic carbocycles. The lowest BCUT2D eigenvalue weighted by atomic mass is 10.1. The van der Waals surface area contributed by atoms with E-state index in [4.69, 9.17) is 5.14 Å². The molecule has 5 nitrogen and oxygen atoms in total. The number of carbonyl (C=O) groups excluding carboxylic acids is 1. The van der Waals surface area contributed by atoms with Crippen molar-refractivity contribution >= 4 is 38.6 Å². The summed E-state index contributed by atoms with van der Waals surface area (Å²) >= 11 is 2.62. The molecule has 8 heteroatoms. The molecule has 3 rings (SSSR count). The first-order valence-electron chi connectivity index (χ1n) is 6.42. The van der Waals surface area contributed by atoms with E-state index in [1.807, 2.05) is 22.4 Å². The van der Waals surface area contributed by atoms with Gasteiger partial charge in [0.15, 0.2) is 0 Å². The van der Waals surface area contributed by atoms with Gasteiger partial charge in [-0.15, -0.1) is 22.7 Å². The quantitative estimate of drug-likeness (QED) is 0.930. The van der Waals surface area contributed by atoms with Gasteiger partial charge in [-0.25, -0.2) is 13.6 Å². The second kappa shape index (κ2) is 5.53. The number of hydrogen-bond acceptors (Lipinski definition) is 5. The Hall–Kier alpha value is -1.22. The van der Waals surface area contributed by atoms with Gasteiger partial charge < -0.3 is 4.90 Å². The molecule has 0 saturated carbocycles. The van der Waals surface area contributed by atoms with E-state index in [9.17, 15) is 13.2 Å². The SMILES string of the molecule is NS(=O)(=O)c1cc(C(=O)N2CCC[C@H]2c2cccs2)cs1. The minimum atomic E-state index is -3.75. The molecule has 0 spiro atoms. The Morgan fingerprint density at radius 3 is 2.81 bits per heavy atom. The lowest BCUT2D eigenvalue weighted by Gasteiger charge is -2.23. The molecule has 21 heavy (non-hydrogen) atoms. The molecular formula is C13H14N2O3S3. The fraction of sp³-hybridized carbons (Fsp3) is 0.308. The lowest BCUT2D eigenvalue weighted by Crippen LogP contribution is -2.29. The third-order valence-corrected chi connectivity index (χ3v) is 6.85. The molecule has 1 aliphatic heterocycles. The van der Waals surface area contributed by atoms with Crippen LogP contribution in [0, 0.1) is 0 Å². The second-order valence-corrected chi connectivity index (χ2v) is 8.55. The van der Waals surface area contributed by atoms with E-state index in [-0.39, 0.29) is 16.2 Å². The van der Waals surface area contributed by atoms with Crippen LogP contribution in [0.15, 0.2) is 33.2 Å². The van der Waals surface area contributed by atoms with Gasteiger partial charge in [0.2, 0.25) is 10.0 Å². The van der Waals surface area contributed by atoms with E-state index < -0.39 is 10.0 Å². The molecule has 1 saturated heterocycles.